The lowest BCUT2D eigenvalue weighted by atomic mass is 10.0. The molecule has 0 aliphatic carbocycles. The van der Waals surface area contributed by atoms with Crippen LogP contribution in [0.5, 0.6) is 5.75 Å². The Balaban J connectivity index is 1.66. The smallest absolute Gasteiger partial charge is 0.416 e. The molecule has 0 bridgehead atoms. The minimum absolute atomic E-state index is 0.0358. The third-order valence-corrected chi connectivity index (χ3v) is 8.62. The summed E-state index contributed by atoms with van der Waals surface area (Å²) in [7, 11) is -1.87. The summed E-state index contributed by atoms with van der Waals surface area (Å²) in [5.41, 5.74) is -2.85. The first-order valence-electron chi connectivity index (χ1n) is 12.4. The zero-order valence-corrected chi connectivity index (χ0v) is 22.8. The van der Waals surface area contributed by atoms with Crippen LogP contribution in [-0.4, -0.2) is 47.7 Å². The second-order valence-corrected chi connectivity index (χ2v) is 12.0. The molecule has 1 unspecified atom stereocenters. The van der Waals surface area contributed by atoms with Crippen molar-refractivity contribution >= 4 is 32.5 Å². The summed E-state index contributed by atoms with van der Waals surface area (Å²) in [6.45, 7) is 1.54. The Hall–Kier alpha value is -4.14. The molecule has 0 saturated carbocycles. The number of nitrogens with one attached hydrogen (secondary N) is 1. The van der Waals surface area contributed by atoms with Crippen LogP contribution in [0.25, 0.3) is 22.3 Å². The Labute approximate surface area is 235 Å². The second-order valence-electron chi connectivity index (χ2n) is 9.82. The number of halogens is 6. The summed E-state index contributed by atoms with van der Waals surface area (Å²) >= 11 is 0. The number of alkyl halides is 6. The number of fused-ring (bicyclic) bond motifs is 1. The van der Waals surface area contributed by atoms with Crippen LogP contribution in [0.1, 0.15) is 39.6 Å². The SMILES string of the molecule is COc1ccc(-c2cc(C(=O)Nc3cc(C(F)(F)F)cc(C(F)(F)F)c3)c3c(C)nn(C4CCS(=O)(=O)C4)c3n2)cc1. The van der Waals surface area contributed by atoms with Crippen molar-refractivity contribution in [2.75, 3.05) is 23.9 Å². The first kappa shape index (κ1) is 29.4. The van der Waals surface area contributed by atoms with Gasteiger partial charge in [-0.15, -0.1) is 0 Å². The van der Waals surface area contributed by atoms with Crippen LogP contribution in [0.2, 0.25) is 0 Å². The molecule has 1 atom stereocenters. The average molecular weight is 613 g/mol. The molecule has 15 heteroatoms. The van der Waals surface area contributed by atoms with Gasteiger partial charge >= 0.3 is 12.4 Å². The van der Waals surface area contributed by atoms with Crippen molar-refractivity contribution in [1.29, 1.82) is 0 Å². The van der Waals surface area contributed by atoms with E-state index in [1.54, 1.807) is 31.2 Å². The summed E-state index contributed by atoms with van der Waals surface area (Å²) in [5.74, 6) is -0.754. The molecule has 1 aliphatic rings. The Morgan fingerprint density at radius 1 is 1.00 bits per heavy atom. The molecule has 42 heavy (non-hydrogen) atoms. The van der Waals surface area contributed by atoms with Crippen molar-refractivity contribution in [3.8, 4) is 17.0 Å². The first-order valence-corrected chi connectivity index (χ1v) is 14.2. The van der Waals surface area contributed by atoms with E-state index in [1.807, 2.05) is 0 Å². The monoisotopic (exact) mass is 612 g/mol. The summed E-state index contributed by atoms with van der Waals surface area (Å²) in [6, 6.07) is 8.11. The molecule has 4 aromatic rings. The number of rotatable bonds is 5. The third-order valence-electron chi connectivity index (χ3n) is 6.87. The van der Waals surface area contributed by atoms with Crippen LogP contribution in [0.15, 0.2) is 48.5 Å². The number of hydrogen-bond donors (Lipinski definition) is 1. The lowest BCUT2D eigenvalue weighted by Crippen LogP contribution is -2.17. The lowest BCUT2D eigenvalue weighted by molar-refractivity contribution is -0.143. The summed E-state index contributed by atoms with van der Waals surface area (Å²) in [6.07, 6.45) is -9.96. The van der Waals surface area contributed by atoms with Gasteiger partial charge in [0.1, 0.15) is 5.75 Å². The van der Waals surface area contributed by atoms with Crippen molar-refractivity contribution < 1.29 is 44.3 Å². The predicted octanol–water partition coefficient (Wildman–Crippen LogP) is 6.06. The number of benzene rings is 2. The Kier molecular flexibility index (Phi) is 7.19. The molecule has 8 nitrogen and oxygen atoms in total. The average Bonchev–Trinajstić information content (AvgIpc) is 3.45. The molecular formula is C27H22F6N4O4S. The van der Waals surface area contributed by atoms with Gasteiger partial charge in [0.15, 0.2) is 15.5 Å². The maximum atomic E-state index is 13.6. The van der Waals surface area contributed by atoms with Gasteiger partial charge < -0.3 is 10.1 Å². The fourth-order valence-corrected chi connectivity index (χ4v) is 6.54. The van der Waals surface area contributed by atoms with E-state index in [1.165, 1.54) is 17.9 Å². The minimum atomic E-state index is -5.11. The van der Waals surface area contributed by atoms with Crippen molar-refractivity contribution in [2.24, 2.45) is 0 Å². The number of aromatic nitrogens is 3. The van der Waals surface area contributed by atoms with Gasteiger partial charge in [-0.1, -0.05) is 0 Å². The summed E-state index contributed by atoms with van der Waals surface area (Å²) in [5, 5.41) is 6.78. The van der Waals surface area contributed by atoms with Crippen LogP contribution in [0, 0.1) is 6.92 Å². The highest BCUT2D eigenvalue weighted by Crippen LogP contribution is 2.38. The number of methoxy groups -OCH3 is 1. The number of anilines is 1. The number of ether oxygens (including phenoxy) is 1. The number of aryl methyl sites for hydroxylation is 1. The first-order chi connectivity index (χ1) is 19.6. The van der Waals surface area contributed by atoms with Crippen LogP contribution in [0.4, 0.5) is 32.0 Å². The minimum Gasteiger partial charge on any atom is -0.497 e. The van der Waals surface area contributed by atoms with E-state index >= 15 is 0 Å². The second kappa shape index (κ2) is 10.3. The Morgan fingerprint density at radius 3 is 2.14 bits per heavy atom. The number of carbonyl (C=O) groups is 1. The molecule has 5 rings (SSSR count). The van der Waals surface area contributed by atoms with Crippen molar-refractivity contribution in [3.63, 3.8) is 0 Å². The largest absolute Gasteiger partial charge is 0.497 e. The standard InChI is InChI=1S/C27H22F6N4O4S/c1-14-23-21(25(38)34-18-10-16(26(28,29)30)9-17(11-18)27(31,32)33)12-22(15-3-5-20(41-2)6-4-15)35-24(23)37(36-14)19-7-8-42(39,40)13-19/h3-6,9-12,19H,7-8,13H2,1-2H3,(H,34,38). The lowest BCUT2D eigenvalue weighted by Gasteiger charge is -2.15. The van der Waals surface area contributed by atoms with Crippen LogP contribution in [-0.2, 0) is 22.2 Å². The molecule has 0 radical (unpaired) electrons. The normalized spacial score (nSPS) is 17.0. The van der Waals surface area contributed by atoms with E-state index in [0.717, 1.165) is 0 Å². The molecule has 1 N–H and O–H groups in total. The van der Waals surface area contributed by atoms with Gasteiger partial charge in [0.25, 0.3) is 5.91 Å². The van der Waals surface area contributed by atoms with Gasteiger partial charge in [-0.2, -0.15) is 31.4 Å². The topological polar surface area (TPSA) is 103 Å². The van der Waals surface area contributed by atoms with Crippen molar-refractivity contribution in [3.05, 3.63) is 70.9 Å². The molecule has 3 heterocycles. The highest BCUT2D eigenvalue weighted by Gasteiger charge is 2.37. The van der Waals surface area contributed by atoms with E-state index in [-0.39, 0.29) is 52.0 Å². The van der Waals surface area contributed by atoms with E-state index in [9.17, 15) is 39.6 Å². The molecule has 222 valence electrons. The van der Waals surface area contributed by atoms with E-state index in [2.05, 4.69) is 15.4 Å². The maximum absolute atomic E-state index is 13.6. The molecule has 1 saturated heterocycles. The molecular weight excluding hydrogens is 590 g/mol. The number of amides is 1. The molecule has 2 aromatic heterocycles. The predicted molar refractivity (Wildman–Crippen MR) is 141 cm³/mol. The van der Waals surface area contributed by atoms with Crippen molar-refractivity contribution in [1.82, 2.24) is 14.8 Å². The van der Waals surface area contributed by atoms with Gasteiger partial charge in [0, 0.05) is 11.3 Å². The van der Waals surface area contributed by atoms with Crippen LogP contribution in [0.3, 0.4) is 0 Å². The van der Waals surface area contributed by atoms with E-state index in [0.29, 0.717) is 23.4 Å². The van der Waals surface area contributed by atoms with Gasteiger partial charge in [-0.3, -0.25) is 4.79 Å². The number of hydrogen-bond acceptors (Lipinski definition) is 6. The summed E-state index contributed by atoms with van der Waals surface area (Å²) < 4.78 is 111. The van der Waals surface area contributed by atoms with Crippen molar-refractivity contribution in [2.45, 2.75) is 31.7 Å². The third kappa shape index (κ3) is 5.78. The molecule has 1 aliphatic heterocycles. The Morgan fingerprint density at radius 2 is 1.62 bits per heavy atom. The molecule has 1 amide bonds. The van der Waals surface area contributed by atoms with Gasteiger partial charge in [0.2, 0.25) is 0 Å². The highest BCUT2D eigenvalue weighted by molar-refractivity contribution is 7.91. The molecule has 0 spiro atoms. The Bertz CT molecular complexity index is 1770. The fourth-order valence-electron chi connectivity index (χ4n) is 4.85. The quantitative estimate of drug-likeness (QED) is 0.275. The number of carbonyl (C=O) groups excluding carboxylic acids is 1. The highest BCUT2D eigenvalue weighted by atomic mass is 32.2. The van der Waals surface area contributed by atoms with Gasteiger partial charge in [0.05, 0.1) is 58.1 Å². The number of nitrogens with zero attached hydrogens (tertiary/aromatic N) is 3. The maximum Gasteiger partial charge on any atom is 0.416 e. The van der Waals surface area contributed by atoms with Gasteiger partial charge in [-0.05, 0) is 61.9 Å². The molecule has 2 aromatic carbocycles. The van der Waals surface area contributed by atoms with Crippen LogP contribution < -0.4 is 10.1 Å². The van der Waals surface area contributed by atoms with Crippen LogP contribution >= 0.6 is 0 Å². The van der Waals surface area contributed by atoms with E-state index < -0.39 is 51.0 Å². The number of sulfone groups is 1. The zero-order valence-electron chi connectivity index (χ0n) is 22.0. The van der Waals surface area contributed by atoms with E-state index in [4.69, 9.17) is 4.74 Å². The molecule has 1 fully saturated rings. The fraction of sp³-hybridized carbons (Fsp3) is 0.296. The summed E-state index contributed by atoms with van der Waals surface area (Å²) in [4.78, 5) is 18.2. The van der Waals surface area contributed by atoms with Gasteiger partial charge in [-0.25, -0.2) is 18.1 Å². The zero-order chi connectivity index (χ0) is 30.6. The number of pyridine rings is 1.